The van der Waals surface area contributed by atoms with Crippen LogP contribution in [-0.4, -0.2) is 46.1 Å². The molecule has 3 rings (SSSR count). The topological polar surface area (TPSA) is 91.5 Å². The van der Waals surface area contributed by atoms with Crippen molar-refractivity contribution in [3.05, 3.63) is 53.6 Å². The van der Waals surface area contributed by atoms with Crippen molar-refractivity contribution in [1.29, 1.82) is 0 Å². The van der Waals surface area contributed by atoms with Gasteiger partial charge in [0.1, 0.15) is 11.4 Å². The van der Waals surface area contributed by atoms with E-state index < -0.39 is 11.4 Å². The van der Waals surface area contributed by atoms with Gasteiger partial charge in [0, 0.05) is 12.7 Å². The first-order valence-electron chi connectivity index (χ1n) is 9.61. The lowest BCUT2D eigenvalue weighted by atomic mass is 9.93. The summed E-state index contributed by atoms with van der Waals surface area (Å²) in [5, 5.41) is 12.9. The number of nitrogens with zero attached hydrogens (tertiary/aromatic N) is 2. The second-order valence-corrected chi connectivity index (χ2v) is 6.12. The Morgan fingerprint density at radius 2 is 1.89 bits per heavy atom. The SMILES string of the molecule is CC.CC.Cc1ccc(Nc2cnccc2C(=O)N2CC(O)(CN)C2)c(F)c1. The van der Waals surface area contributed by atoms with Crippen LogP contribution in [0.3, 0.4) is 0 Å². The molecule has 1 aromatic carbocycles. The van der Waals surface area contributed by atoms with Crippen LogP contribution < -0.4 is 11.1 Å². The lowest BCUT2D eigenvalue weighted by Gasteiger charge is -2.45. The lowest BCUT2D eigenvalue weighted by molar-refractivity contribution is -0.0734. The molecule has 1 amide bonds. The zero-order chi connectivity index (χ0) is 21.3. The molecular weight excluding hydrogens is 359 g/mol. The maximum Gasteiger partial charge on any atom is 0.256 e. The number of nitrogens with two attached hydrogens (primary N) is 1. The molecule has 0 radical (unpaired) electrons. The van der Waals surface area contributed by atoms with Crippen molar-refractivity contribution in [2.24, 2.45) is 5.73 Å². The monoisotopic (exact) mass is 390 g/mol. The number of β-amino-alcohol motifs (C(OH)–C–C–N with tert-alkyl or cyclic N) is 1. The first-order chi connectivity index (χ1) is 13.4. The Hall–Kier alpha value is -2.51. The van der Waals surface area contributed by atoms with E-state index in [4.69, 9.17) is 5.73 Å². The second-order valence-electron chi connectivity index (χ2n) is 6.12. The van der Waals surface area contributed by atoms with Crippen molar-refractivity contribution in [2.45, 2.75) is 40.2 Å². The summed E-state index contributed by atoms with van der Waals surface area (Å²) in [5.41, 5.74) is 6.31. The molecule has 1 fully saturated rings. The number of nitrogens with one attached hydrogen (secondary N) is 1. The molecule has 2 aromatic rings. The summed E-state index contributed by atoms with van der Waals surface area (Å²) in [5.74, 6) is -0.663. The van der Waals surface area contributed by atoms with Gasteiger partial charge in [-0.2, -0.15) is 0 Å². The van der Waals surface area contributed by atoms with Crippen LogP contribution in [0.25, 0.3) is 0 Å². The number of carbonyl (C=O) groups excluding carboxylic acids is 1. The minimum atomic E-state index is -1.01. The molecule has 0 unspecified atom stereocenters. The number of hydrogen-bond acceptors (Lipinski definition) is 5. The van der Waals surface area contributed by atoms with Gasteiger partial charge in [0.15, 0.2) is 0 Å². The predicted molar refractivity (Wildman–Crippen MR) is 111 cm³/mol. The summed E-state index contributed by atoms with van der Waals surface area (Å²) < 4.78 is 14.0. The van der Waals surface area contributed by atoms with Gasteiger partial charge < -0.3 is 21.1 Å². The zero-order valence-corrected chi connectivity index (χ0v) is 17.3. The highest BCUT2D eigenvalue weighted by atomic mass is 19.1. The lowest BCUT2D eigenvalue weighted by Crippen LogP contribution is -2.66. The van der Waals surface area contributed by atoms with E-state index in [9.17, 15) is 14.3 Å². The number of carbonyl (C=O) groups is 1. The third kappa shape index (κ3) is 5.50. The molecule has 154 valence electrons. The minimum Gasteiger partial charge on any atom is -0.385 e. The maximum absolute atomic E-state index is 14.0. The summed E-state index contributed by atoms with van der Waals surface area (Å²) in [4.78, 5) is 18.1. The first-order valence-corrected chi connectivity index (χ1v) is 9.61. The fourth-order valence-corrected chi connectivity index (χ4v) is 2.65. The second kappa shape index (κ2) is 10.7. The number of halogens is 1. The highest BCUT2D eigenvalue weighted by Crippen LogP contribution is 2.27. The molecule has 0 atom stereocenters. The van der Waals surface area contributed by atoms with E-state index in [-0.39, 0.29) is 31.2 Å². The molecule has 0 saturated carbocycles. The highest BCUT2D eigenvalue weighted by molar-refractivity contribution is 6.00. The molecule has 0 aliphatic carbocycles. The van der Waals surface area contributed by atoms with Gasteiger partial charge in [0.2, 0.25) is 0 Å². The van der Waals surface area contributed by atoms with E-state index >= 15 is 0 Å². The van der Waals surface area contributed by atoms with Gasteiger partial charge in [-0.05, 0) is 30.7 Å². The Kier molecular flexibility index (Phi) is 9.02. The highest BCUT2D eigenvalue weighted by Gasteiger charge is 2.43. The molecule has 1 saturated heterocycles. The first kappa shape index (κ1) is 23.5. The minimum absolute atomic E-state index is 0.104. The van der Waals surface area contributed by atoms with Crippen LogP contribution in [0.4, 0.5) is 15.8 Å². The molecule has 2 heterocycles. The molecule has 1 aliphatic rings. The van der Waals surface area contributed by atoms with Gasteiger partial charge in [-0.1, -0.05) is 33.8 Å². The van der Waals surface area contributed by atoms with E-state index in [2.05, 4.69) is 10.3 Å². The quantitative estimate of drug-likeness (QED) is 0.743. The van der Waals surface area contributed by atoms with Crippen LogP contribution in [0.1, 0.15) is 43.6 Å². The van der Waals surface area contributed by atoms with Crippen molar-refractivity contribution in [3.8, 4) is 0 Å². The van der Waals surface area contributed by atoms with Gasteiger partial charge in [-0.15, -0.1) is 0 Å². The van der Waals surface area contributed by atoms with E-state index in [1.807, 2.05) is 27.7 Å². The number of benzene rings is 1. The van der Waals surface area contributed by atoms with Gasteiger partial charge in [-0.25, -0.2) is 4.39 Å². The summed E-state index contributed by atoms with van der Waals surface area (Å²) in [6.07, 6.45) is 2.97. The number of hydrogen-bond donors (Lipinski definition) is 3. The summed E-state index contributed by atoms with van der Waals surface area (Å²) in [6, 6.07) is 6.37. The van der Waals surface area contributed by atoms with Gasteiger partial charge >= 0.3 is 0 Å². The van der Waals surface area contributed by atoms with Gasteiger partial charge in [-0.3, -0.25) is 9.78 Å². The fourth-order valence-electron chi connectivity index (χ4n) is 2.65. The number of anilines is 2. The Balaban J connectivity index is 0.000000921. The molecule has 28 heavy (non-hydrogen) atoms. The third-order valence-electron chi connectivity index (χ3n) is 4.08. The van der Waals surface area contributed by atoms with Gasteiger partial charge in [0.25, 0.3) is 5.91 Å². The molecule has 1 aliphatic heterocycles. The Morgan fingerprint density at radius 3 is 2.46 bits per heavy atom. The van der Waals surface area contributed by atoms with Crippen molar-refractivity contribution < 1.29 is 14.3 Å². The average molecular weight is 391 g/mol. The zero-order valence-electron chi connectivity index (χ0n) is 17.3. The third-order valence-corrected chi connectivity index (χ3v) is 4.08. The molecule has 4 N–H and O–H groups in total. The van der Waals surface area contributed by atoms with Crippen molar-refractivity contribution in [3.63, 3.8) is 0 Å². The number of pyridine rings is 1. The number of aliphatic hydroxyl groups is 1. The standard InChI is InChI=1S/C17H19FN4O2.2C2H6/c1-11-2-3-14(13(18)6-11)21-15-7-20-5-4-12(15)16(23)22-9-17(24,8-19)10-22;2*1-2/h2-7,21,24H,8-10,19H2,1H3;2*1-2H3. The Morgan fingerprint density at radius 1 is 1.25 bits per heavy atom. The van der Waals surface area contributed by atoms with Crippen molar-refractivity contribution >= 4 is 17.3 Å². The van der Waals surface area contributed by atoms with E-state index in [1.54, 1.807) is 25.1 Å². The Labute approximate surface area is 166 Å². The van der Waals surface area contributed by atoms with E-state index in [1.165, 1.54) is 23.4 Å². The van der Waals surface area contributed by atoms with Crippen LogP contribution in [0.2, 0.25) is 0 Å². The molecule has 7 heteroatoms. The van der Waals surface area contributed by atoms with Gasteiger partial charge in [0.05, 0.1) is 36.2 Å². The number of aromatic nitrogens is 1. The predicted octanol–water partition coefficient (Wildman–Crippen LogP) is 3.47. The van der Waals surface area contributed by atoms with Crippen LogP contribution in [0.5, 0.6) is 0 Å². The molecule has 0 bridgehead atoms. The van der Waals surface area contributed by atoms with Crippen LogP contribution in [0, 0.1) is 12.7 Å². The Bertz CT molecular complexity index is 777. The molecule has 0 spiro atoms. The number of aryl methyl sites for hydroxylation is 1. The number of amides is 1. The van der Waals surface area contributed by atoms with Crippen molar-refractivity contribution in [1.82, 2.24) is 9.88 Å². The molecule has 6 nitrogen and oxygen atoms in total. The number of rotatable bonds is 4. The summed E-state index contributed by atoms with van der Waals surface area (Å²) in [6.45, 7) is 10.3. The van der Waals surface area contributed by atoms with Crippen LogP contribution >= 0.6 is 0 Å². The average Bonchev–Trinajstić information content (AvgIpc) is 2.70. The summed E-state index contributed by atoms with van der Waals surface area (Å²) >= 11 is 0. The van der Waals surface area contributed by atoms with Crippen LogP contribution in [-0.2, 0) is 0 Å². The summed E-state index contributed by atoms with van der Waals surface area (Å²) in [7, 11) is 0. The van der Waals surface area contributed by atoms with E-state index in [0.717, 1.165) is 5.56 Å². The van der Waals surface area contributed by atoms with Crippen molar-refractivity contribution in [2.75, 3.05) is 25.0 Å². The largest absolute Gasteiger partial charge is 0.385 e. The maximum atomic E-state index is 14.0. The normalized spacial score (nSPS) is 13.9. The van der Waals surface area contributed by atoms with E-state index in [0.29, 0.717) is 11.3 Å². The smallest absolute Gasteiger partial charge is 0.256 e. The molecular formula is C21H31FN4O2. The molecule has 1 aromatic heterocycles. The number of likely N-dealkylation sites (tertiary alicyclic amines) is 1. The van der Waals surface area contributed by atoms with Crippen LogP contribution in [0.15, 0.2) is 36.7 Å². The fraction of sp³-hybridized carbons (Fsp3) is 0.429.